The van der Waals surface area contributed by atoms with Crippen LogP contribution in [0.1, 0.15) is 39.0 Å². The highest BCUT2D eigenvalue weighted by Gasteiger charge is 2.41. The normalized spacial score (nSPS) is 32.6. The van der Waals surface area contributed by atoms with Crippen molar-refractivity contribution in [1.29, 1.82) is 0 Å². The Labute approximate surface area is 115 Å². The third-order valence-corrected chi connectivity index (χ3v) is 6.56. The van der Waals surface area contributed by atoms with Crippen LogP contribution in [0.5, 0.6) is 0 Å². The van der Waals surface area contributed by atoms with Crippen LogP contribution in [0.4, 0.5) is 0 Å². The van der Waals surface area contributed by atoms with Crippen molar-refractivity contribution in [2.45, 2.75) is 45.1 Å². The molecule has 0 aromatic heterocycles. The van der Waals surface area contributed by atoms with Crippen molar-refractivity contribution < 1.29 is 8.42 Å². The maximum absolute atomic E-state index is 12.6. The first-order valence-electron chi connectivity index (χ1n) is 6.90. The Morgan fingerprint density at radius 2 is 1.72 bits per heavy atom. The van der Waals surface area contributed by atoms with Crippen LogP contribution in [-0.2, 0) is 10.2 Å². The number of hydrogen-bond acceptors (Lipinski definition) is 2. The first-order valence-corrected chi connectivity index (χ1v) is 8.83. The lowest BCUT2D eigenvalue weighted by Crippen LogP contribution is -2.47. The summed E-state index contributed by atoms with van der Waals surface area (Å²) >= 11 is 5.95. The van der Waals surface area contributed by atoms with Crippen LogP contribution in [0.2, 0.25) is 0 Å². The molecule has 4 nitrogen and oxygen atoms in total. The fourth-order valence-electron chi connectivity index (χ4n) is 2.91. The highest BCUT2D eigenvalue weighted by atomic mass is 35.5. The molecule has 0 spiro atoms. The third kappa shape index (κ3) is 2.84. The molecular weight excluding hydrogens is 272 g/mol. The van der Waals surface area contributed by atoms with Gasteiger partial charge in [-0.15, -0.1) is 11.6 Å². The molecule has 0 radical (unpaired) electrons. The van der Waals surface area contributed by atoms with E-state index in [0.717, 1.165) is 32.1 Å². The van der Waals surface area contributed by atoms with Crippen LogP contribution in [0.15, 0.2) is 0 Å². The summed E-state index contributed by atoms with van der Waals surface area (Å²) in [5, 5.41) is 0. The molecule has 106 valence electrons. The van der Waals surface area contributed by atoms with E-state index in [1.807, 2.05) is 0 Å². The summed E-state index contributed by atoms with van der Waals surface area (Å²) in [4.78, 5) is 0. The van der Waals surface area contributed by atoms with Crippen LogP contribution < -0.4 is 0 Å². The van der Waals surface area contributed by atoms with Gasteiger partial charge in [-0.3, -0.25) is 0 Å². The first kappa shape index (κ1) is 14.6. The zero-order chi connectivity index (χ0) is 13.2. The number of alkyl halides is 1. The van der Waals surface area contributed by atoms with Gasteiger partial charge in [0.1, 0.15) is 0 Å². The van der Waals surface area contributed by atoms with Crippen molar-refractivity contribution in [3.8, 4) is 0 Å². The second-order valence-corrected chi connectivity index (χ2v) is 7.61. The summed E-state index contributed by atoms with van der Waals surface area (Å²) < 4.78 is 28.6. The predicted molar refractivity (Wildman–Crippen MR) is 74.0 cm³/mol. The minimum Gasteiger partial charge on any atom is -0.195 e. The number of nitrogens with zero attached hydrogens (tertiary/aromatic N) is 2. The van der Waals surface area contributed by atoms with Gasteiger partial charge in [-0.2, -0.15) is 17.0 Å². The molecule has 18 heavy (non-hydrogen) atoms. The molecule has 2 heterocycles. The molecular formula is C12H23ClN2O2S. The molecule has 2 aliphatic rings. The third-order valence-electron chi connectivity index (χ3n) is 4.18. The van der Waals surface area contributed by atoms with E-state index in [2.05, 4.69) is 6.92 Å². The standard InChI is InChI=1S/C12H23ClN2O2S/c1-11-6-9-15(12(11)10-13)18(16,17)14-7-4-2-3-5-8-14/h11-12H,2-10H2,1H3. The lowest BCUT2D eigenvalue weighted by molar-refractivity contribution is 0.322. The van der Waals surface area contributed by atoms with E-state index < -0.39 is 10.2 Å². The highest BCUT2D eigenvalue weighted by molar-refractivity contribution is 7.86. The summed E-state index contributed by atoms with van der Waals surface area (Å²) in [5.74, 6) is 0.762. The molecule has 0 aromatic rings. The number of hydrogen-bond donors (Lipinski definition) is 0. The topological polar surface area (TPSA) is 40.6 Å². The average Bonchev–Trinajstić information content (AvgIpc) is 2.56. The fraction of sp³-hybridized carbons (Fsp3) is 1.00. The Balaban J connectivity index is 2.14. The van der Waals surface area contributed by atoms with Crippen molar-refractivity contribution in [3.05, 3.63) is 0 Å². The SMILES string of the molecule is CC1CCN(S(=O)(=O)N2CCCCCC2)C1CCl. The number of halogens is 1. The average molecular weight is 295 g/mol. The Morgan fingerprint density at radius 1 is 1.11 bits per heavy atom. The van der Waals surface area contributed by atoms with Gasteiger partial charge in [0.05, 0.1) is 0 Å². The minimum absolute atomic E-state index is 0.0279. The Hall–Kier alpha value is 0.160. The van der Waals surface area contributed by atoms with Crippen LogP contribution in [0, 0.1) is 5.92 Å². The Bertz CT molecular complexity index is 366. The second kappa shape index (κ2) is 6.07. The monoisotopic (exact) mass is 294 g/mol. The Kier molecular flexibility index (Phi) is 4.92. The summed E-state index contributed by atoms with van der Waals surface area (Å²) in [6.45, 7) is 4.05. The van der Waals surface area contributed by atoms with Crippen molar-refractivity contribution in [3.63, 3.8) is 0 Å². The molecule has 0 saturated carbocycles. The smallest absolute Gasteiger partial charge is 0.195 e. The molecule has 6 heteroatoms. The Morgan fingerprint density at radius 3 is 2.28 bits per heavy atom. The number of rotatable bonds is 3. The second-order valence-electron chi connectivity index (χ2n) is 5.42. The van der Waals surface area contributed by atoms with Gasteiger partial charge in [-0.05, 0) is 25.2 Å². The molecule has 0 N–H and O–H groups in total. The fourth-order valence-corrected chi connectivity index (χ4v) is 5.44. The molecule has 2 rings (SSSR count). The van der Waals surface area contributed by atoms with E-state index in [0.29, 0.717) is 31.4 Å². The van der Waals surface area contributed by atoms with E-state index in [-0.39, 0.29) is 6.04 Å². The molecule has 0 aromatic carbocycles. The van der Waals surface area contributed by atoms with Gasteiger partial charge in [0.2, 0.25) is 0 Å². The lowest BCUT2D eigenvalue weighted by atomic mass is 10.1. The van der Waals surface area contributed by atoms with Crippen molar-refractivity contribution in [2.75, 3.05) is 25.5 Å². The largest absolute Gasteiger partial charge is 0.282 e. The molecule has 2 fully saturated rings. The molecule has 2 atom stereocenters. The van der Waals surface area contributed by atoms with Gasteiger partial charge in [0.25, 0.3) is 10.2 Å². The molecule has 2 aliphatic heterocycles. The van der Waals surface area contributed by atoms with E-state index in [9.17, 15) is 8.42 Å². The molecule has 2 saturated heterocycles. The van der Waals surface area contributed by atoms with Crippen molar-refractivity contribution in [2.24, 2.45) is 5.92 Å². The van der Waals surface area contributed by atoms with E-state index in [1.165, 1.54) is 0 Å². The van der Waals surface area contributed by atoms with Gasteiger partial charge in [-0.25, -0.2) is 0 Å². The zero-order valence-corrected chi connectivity index (χ0v) is 12.6. The first-order chi connectivity index (χ1) is 8.57. The van der Waals surface area contributed by atoms with Gasteiger partial charge in [0, 0.05) is 31.6 Å². The minimum atomic E-state index is -3.30. The van der Waals surface area contributed by atoms with E-state index in [1.54, 1.807) is 8.61 Å². The van der Waals surface area contributed by atoms with Crippen LogP contribution in [0.3, 0.4) is 0 Å². The van der Waals surface area contributed by atoms with Gasteiger partial charge in [-0.1, -0.05) is 19.8 Å². The summed E-state index contributed by atoms with van der Waals surface area (Å²) in [6, 6.07) is -0.0279. The van der Waals surface area contributed by atoms with Crippen LogP contribution in [-0.4, -0.2) is 48.6 Å². The van der Waals surface area contributed by atoms with Crippen molar-refractivity contribution in [1.82, 2.24) is 8.61 Å². The van der Waals surface area contributed by atoms with E-state index >= 15 is 0 Å². The van der Waals surface area contributed by atoms with Crippen LogP contribution in [0.25, 0.3) is 0 Å². The predicted octanol–water partition coefficient (Wildman–Crippen LogP) is 2.06. The maximum Gasteiger partial charge on any atom is 0.282 e. The van der Waals surface area contributed by atoms with Crippen LogP contribution >= 0.6 is 11.6 Å². The molecule has 0 aliphatic carbocycles. The van der Waals surface area contributed by atoms with Crippen molar-refractivity contribution >= 4 is 21.8 Å². The zero-order valence-electron chi connectivity index (χ0n) is 11.0. The summed E-state index contributed by atoms with van der Waals surface area (Å²) in [7, 11) is -3.30. The molecule has 0 bridgehead atoms. The van der Waals surface area contributed by atoms with Gasteiger partial charge >= 0.3 is 0 Å². The van der Waals surface area contributed by atoms with E-state index in [4.69, 9.17) is 11.6 Å². The quantitative estimate of drug-likeness (QED) is 0.748. The van der Waals surface area contributed by atoms with Gasteiger partial charge < -0.3 is 0 Å². The summed E-state index contributed by atoms with van der Waals surface area (Å²) in [5.41, 5.74) is 0. The molecule has 2 unspecified atom stereocenters. The highest BCUT2D eigenvalue weighted by Crippen LogP contribution is 2.29. The maximum atomic E-state index is 12.6. The van der Waals surface area contributed by atoms with Gasteiger partial charge in [0.15, 0.2) is 0 Å². The lowest BCUT2D eigenvalue weighted by Gasteiger charge is -2.30. The molecule has 0 amide bonds. The summed E-state index contributed by atoms with van der Waals surface area (Å²) in [6.07, 6.45) is 5.16.